The number of carbonyl (C=O) groups excluding carboxylic acids is 2. The Kier molecular flexibility index (Phi) is 8.20. The molecule has 9 heteroatoms. The maximum absolute atomic E-state index is 12.7. The van der Waals surface area contributed by atoms with Gasteiger partial charge in [-0.1, -0.05) is 41.9 Å². The summed E-state index contributed by atoms with van der Waals surface area (Å²) in [6, 6.07) is 15.4. The predicted octanol–water partition coefficient (Wildman–Crippen LogP) is 3.67. The Morgan fingerprint density at radius 3 is 2.56 bits per heavy atom. The SMILES string of the molecule is C=CCN1CCN(C(=O)COc2ccc(/C=N/NC(=O)c3ccc(O)c(Cl)c3)c3ccccc23)CC1. The number of phenolic OH excluding ortho intramolecular Hbond substituents is 1. The summed E-state index contributed by atoms with van der Waals surface area (Å²) >= 11 is 5.87. The van der Waals surface area contributed by atoms with E-state index in [-0.39, 0.29) is 28.8 Å². The summed E-state index contributed by atoms with van der Waals surface area (Å²) in [5.41, 5.74) is 3.50. The highest BCUT2D eigenvalue weighted by Crippen LogP contribution is 2.28. The molecule has 0 radical (unpaired) electrons. The Bertz CT molecular complexity index is 1300. The molecule has 1 fully saturated rings. The summed E-state index contributed by atoms with van der Waals surface area (Å²) < 4.78 is 5.92. The molecule has 186 valence electrons. The zero-order valence-electron chi connectivity index (χ0n) is 19.7. The zero-order chi connectivity index (χ0) is 25.5. The second kappa shape index (κ2) is 11.7. The third-order valence-electron chi connectivity index (χ3n) is 5.96. The third-order valence-corrected chi connectivity index (χ3v) is 6.26. The number of carbonyl (C=O) groups is 2. The Hall–Kier alpha value is -3.88. The zero-order valence-corrected chi connectivity index (χ0v) is 20.4. The fourth-order valence-electron chi connectivity index (χ4n) is 4.00. The predicted molar refractivity (Wildman–Crippen MR) is 141 cm³/mol. The molecule has 1 aliphatic heterocycles. The van der Waals surface area contributed by atoms with E-state index >= 15 is 0 Å². The molecule has 0 atom stereocenters. The van der Waals surface area contributed by atoms with Gasteiger partial charge in [0, 0.05) is 49.2 Å². The summed E-state index contributed by atoms with van der Waals surface area (Å²) in [4.78, 5) is 29.1. The van der Waals surface area contributed by atoms with Gasteiger partial charge in [0.15, 0.2) is 6.61 Å². The number of benzene rings is 3. The summed E-state index contributed by atoms with van der Waals surface area (Å²) in [6.07, 6.45) is 3.42. The van der Waals surface area contributed by atoms with Crippen molar-refractivity contribution >= 4 is 40.4 Å². The summed E-state index contributed by atoms with van der Waals surface area (Å²) in [6.45, 7) is 7.55. The number of aromatic hydroxyl groups is 1. The minimum absolute atomic E-state index is 0.0376. The Labute approximate surface area is 214 Å². The van der Waals surface area contributed by atoms with Crippen molar-refractivity contribution in [1.82, 2.24) is 15.2 Å². The second-order valence-electron chi connectivity index (χ2n) is 8.32. The van der Waals surface area contributed by atoms with Crippen LogP contribution in [-0.4, -0.2) is 72.3 Å². The first kappa shape index (κ1) is 25.2. The largest absolute Gasteiger partial charge is 0.506 e. The molecule has 1 heterocycles. The molecule has 8 nitrogen and oxygen atoms in total. The Morgan fingerprint density at radius 2 is 1.83 bits per heavy atom. The molecular weight excluding hydrogens is 480 g/mol. The molecule has 0 bridgehead atoms. The van der Waals surface area contributed by atoms with Crippen LogP contribution in [0.5, 0.6) is 11.5 Å². The lowest BCUT2D eigenvalue weighted by molar-refractivity contribution is -0.135. The van der Waals surface area contributed by atoms with Crippen LogP contribution < -0.4 is 10.2 Å². The lowest BCUT2D eigenvalue weighted by atomic mass is 10.0. The molecule has 4 rings (SSSR count). The third kappa shape index (κ3) is 6.02. The molecule has 0 spiro atoms. The first-order valence-electron chi connectivity index (χ1n) is 11.5. The van der Waals surface area contributed by atoms with Gasteiger partial charge in [0.1, 0.15) is 11.5 Å². The van der Waals surface area contributed by atoms with Gasteiger partial charge in [0.25, 0.3) is 11.8 Å². The Morgan fingerprint density at radius 1 is 1.08 bits per heavy atom. The van der Waals surface area contributed by atoms with Crippen LogP contribution in [0.1, 0.15) is 15.9 Å². The van der Waals surface area contributed by atoms with Crippen molar-refractivity contribution in [2.24, 2.45) is 5.10 Å². The average Bonchev–Trinajstić information content (AvgIpc) is 2.90. The smallest absolute Gasteiger partial charge is 0.271 e. The molecular formula is C27H27ClN4O4. The van der Waals surface area contributed by atoms with Crippen molar-refractivity contribution < 1.29 is 19.4 Å². The van der Waals surface area contributed by atoms with Gasteiger partial charge in [-0.25, -0.2) is 5.43 Å². The molecule has 2 N–H and O–H groups in total. The number of halogens is 1. The number of amides is 2. The minimum atomic E-state index is -0.457. The first-order valence-corrected chi connectivity index (χ1v) is 11.9. The monoisotopic (exact) mass is 506 g/mol. The van der Waals surface area contributed by atoms with E-state index in [4.69, 9.17) is 16.3 Å². The number of ether oxygens (including phenoxy) is 1. The number of hydrogen-bond donors (Lipinski definition) is 2. The molecule has 0 aromatic heterocycles. The van der Waals surface area contributed by atoms with Crippen LogP contribution in [-0.2, 0) is 4.79 Å². The molecule has 2 amide bonds. The van der Waals surface area contributed by atoms with E-state index in [1.54, 1.807) is 12.3 Å². The van der Waals surface area contributed by atoms with E-state index < -0.39 is 5.91 Å². The van der Waals surface area contributed by atoms with Crippen LogP contribution in [0, 0.1) is 0 Å². The molecule has 1 saturated heterocycles. The van der Waals surface area contributed by atoms with E-state index in [1.165, 1.54) is 18.2 Å². The first-order chi connectivity index (χ1) is 17.5. The van der Waals surface area contributed by atoms with E-state index in [1.807, 2.05) is 41.3 Å². The molecule has 36 heavy (non-hydrogen) atoms. The van der Waals surface area contributed by atoms with Crippen molar-refractivity contribution in [3.63, 3.8) is 0 Å². The number of nitrogens with zero attached hydrogens (tertiary/aromatic N) is 3. The van der Waals surface area contributed by atoms with Crippen LogP contribution in [0.25, 0.3) is 10.8 Å². The van der Waals surface area contributed by atoms with Gasteiger partial charge >= 0.3 is 0 Å². The van der Waals surface area contributed by atoms with Crippen molar-refractivity contribution in [1.29, 1.82) is 0 Å². The minimum Gasteiger partial charge on any atom is -0.506 e. The highest BCUT2D eigenvalue weighted by molar-refractivity contribution is 6.32. The molecule has 3 aromatic carbocycles. The van der Waals surface area contributed by atoms with Gasteiger partial charge in [-0.05, 0) is 35.7 Å². The average molecular weight is 507 g/mol. The van der Waals surface area contributed by atoms with Crippen molar-refractivity contribution in [3.05, 3.63) is 83.4 Å². The second-order valence-corrected chi connectivity index (χ2v) is 8.73. The number of rotatable bonds is 8. The van der Waals surface area contributed by atoms with Gasteiger partial charge in [-0.3, -0.25) is 14.5 Å². The fourth-order valence-corrected chi connectivity index (χ4v) is 4.18. The van der Waals surface area contributed by atoms with E-state index in [0.717, 1.165) is 36.0 Å². The van der Waals surface area contributed by atoms with E-state index in [2.05, 4.69) is 22.0 Å². The fraction of sp³-hybridized carbons (Fsp3) is 0.222. The number of nitrogens with one attached hydrogen (secondary N) is 1. The van der Waals surface area contributed by atoms with Crippen molar-refractivity contribution in [2.45, 2.75) is 0 Å². The lowest BCUT2D eigenvalue weighted by Gasteiger charge is -2.34. The highest BCUT2D eigenvalue weighted by atomic mass is 35.5. The van der Waals surface area contributed by atoms with E-state index in [0.29, 0.717) is 18.8 Å². The summed E-state index contributed by atoms with van der Waals surface area (Å²) in [5, 5.41) is 15.4. The number of hydrogen-bond acceptors (Lipinski definition) is 6. The van der Waals surface area contributed by atoms with Crippen LogP contribution >= 0.6 is 11.6 Å². The van der Waals surface area contributed by atoms with Crippen LogP contribution in [0.3, 0.4) is 0 Å². The van der Waals surface area contributed by atoms with Crippen LogP contribution in [0.15, 0.2) is 72.4 Å². The maximum Gasteiger partial charge on any atom is 0.271 e. The molecule has 1 aliphatic rings. The van der Waals surface area contributed by atoms with Gasteiger partial charge < -0.3 is 14.7 Å². The van der Waals surface area contributed by atoms with Gasteiger partial charge in [-0.15, -0.1) is 6.58 Å². The molecule has 0 aliphatic carbocycles. The number of hydrazone groups is 1. The van der Waals surface area contributed by atoms with Crippen LogP contribution in [0.4, 0.5) is 0 Å². The molecule has 0 saturated carbocycles. The molecule has 0 unspecified atom stereocenters. The quantitative estimate of drug-likeness (QED) is 0.276. The number of piperazine rings is 1. The van der Waals surface area contributed by atoms with Crippen LogP contribution in [0.2, 0.25) is 5.02 Å². The van der Waals surface area contributed by atoms with Gasteiger partial charge in [0.05, 0.1) is 11.2 Å². The standard InChI is InChI=1S/C27H27ClN4O4/c1-2-11-31-12-14-32(15-13-31)26(34)18-36-25-10-8-20(21-5-3-4-6-22(21)25)17-29-30-27(35)19-7-9-24(33)23(28)16-19/h2-10,16-17,33H,1,11-15,18H2,(H,30,35)/b29-17+. The number of fused-ring (bicyclic) bond motifs is 1. The molecule has 3 aromatic rings. The normalized spacial score (nSPS) is 14.2. The van der Waals surface area contributed by atoms with Gasteiger partial charge in [0.2, 0.25) is 0 Å². The van der Waals surface area contributed by atoms with Crippen molar-refractivity contribution in [2.75, 3.05) is 39.3 Å². The summed E-state index contributed by atoms with van der Waals surface area (Å²) in [7, 11) is 0. The Balaban J connectivity index is 1.40. The lowest BCUT2D eigenvalue weighted by Crippen LogP contribution is -2.49. The highest BCUT2D eigenvalue weighted by Gasteiger charge is 2.21. The van der Waals surface area contributed by atoms with E-state index in [9.17, 15) is 14.7 Å². The summed E-state index contributed by atoms with van der Waals surface area (Å²) in [5.74, 6) is 0.00344. The maximum atomic E-state index is 12.7. The van der Waals surface area contributed by atoms with Crippen molar-refractivity contribution in [3.8, 4) is 11.5 Å². The topological polar surface area (TPSA) is 94.5 Å². The number of phenols is 1. The van der Waals surface area contributed by atoms with Gasteiger partial charge in [-0.2, -0.15) is 5.10 Å².